The van der Waals surface area contributed by atoms with E-state index in [1.165, 1.54) is 5.57 Å². The van der Waals surface area contributed by atoms with E-state index in [-0.39, 0.29) is 0 Å². The van der Waals surface area contributed by atoms with E-state index in [0.717, 1.165) is 19.4 Å². The highest BCUT2D eigenvalue weighted by Gasteiger charge is 2.31. The van der Waals surface area contributed by atoms with Crippen molar-refractivity contribution >= 4 is 5.91 Å². The molecule has 1 amide bonds. The van der Waals surface area contributed by atoms with Crippen LogP contribution in [-0.2, 0) is 4.79 Å². The third-order valence-electron chi connectivity index (χ3n) is 2.08. The number of carbonyl (C=O) groups excluding carboxylic acids is 1. The fraction of sp³-hybridized carbons (Fsp3) is 0.700. The van der Waals surface area contributed by atoms with E-state index in [2.05, 4.69) is 19.9 Å². The summed E-state index contributed by atoms with van der Waals surface area (Å²) in [6.07, 6.45) is 4.27. The van der Waals surface area contributed by atoms with Gasteiger partial charge in [-0.15, -0.1) is 0 Å². The molecule has 0 N–H and O–H groups in total. The van der Waals surface area contributed by atoms with E-state index >= 15 is 0 Å². The molecule has 0 unspecified atom stereocenters. The SMILES string of the molecule is CC(C)=CCN(C)C(=O)C1CC1. The molecule has 0 aliphatic heterocycles. The zero-order valence-electron chi connectivity index (χ0n) is 8.13. The largest absolute Gasteiger partial charge is 0.342 e. The van der Waals surface area contributed by atoms with Gasteiger partial charge in [-0.1, -0.05) is 11.6 Å². The molecule has 0 aromatic rings. The van der Waals surface area contributed by atoms with E-state index in [1.54, 1.807) is 0 Å². The number of likely N-dealkylation sites (N-methyl/N-ethyl adjacent to an activating group) is 1. The van der Waals surface area contributed by atoms with Crippen LogP contribution in [0.15, 0.2) is 11.6 Å². The van der Waals surface area contributed by atoms with E-state index in [1.807, 2.05) is 11.9 Å². The van der Waals surface area contributed by atoms with Crippen molar-refractivity contribution in [1.29, 1.82) is 0 Å². The summed E-state index contributed by atoms with van der Waals surface area (Å²) in [7, 11) is 1.88. The fourth-order valence-corrected chi connectivity index (χ4v) is 1.05. The number of carbonyl (C=O) groups is 1. The summed E-state index contributed by atoms with van der Waals surface area (Å²) >= 11 is 0. The molecule has 2 heteroatoms. The summed E-state index contributed by atoms with van der Waals surface area (Å²) in [6, 6.07) is 0. The van der Waals surface area contributed by atoms with Gasteiger partial charge in [0.05, 0.1) is 0 Å². The van der Waals surface area contributed by atoms with Gasteiger partial charge in [0.25, 0.3) is 0 Å². The normalized spacial score (nSPS) is 15.6. The Kier molecular flexibility index (Phi) is 2.90. The van der Waals surface area contributed by atoms with Crippen molar-refractivity contribution in [2.24, 2.45) is 5.92 Å². The highest BCUT2D eigenvalue weighted by Crippen LogP contribution is 2.30. The summed E-state index contributed by atoms with van der Waals surface area (Å²) in [5.41, 5.74) is 1.27. The number of hydrogen-bond donors (Lipinski definition) is 0. The average molecular weight is 167 g/mol. The lowest BCUT2D eigenvalue weighted by Gasteiger charge is -2.14. The summed E-state index contributed by atoms with van der Waals surface area (Å²) in [4.78, 5) is 13.2. The third-order valence-corrected chi connectivity index (χ3v) is 2.08. The van der Waals surface area contributed by atoms with E-state index < -0.39 is 0 Å². The first-order chi connectivity index (χ1) is 5.61. The van der Waals surface area contributed by atoms with Gasteiger partial charge in [0, 0.05) is 19.5 Å². The second-order valence-corrected chi connectivity index (χ2v) is 3.77. The van der Waals surface area contributed by atoms with Crippen LogP contribution in [0.1, 0.15) is 26.7 Å². The molecular formula is C10H17NO. The Labute approximate surface area is 74.2 Å². The Morgan fingerprint density at radius 3 is 2.50 bits per heavy atom. The summed E-state index contributed by atoms with van der Waals surface area (Å²) in [6.45, 7) is 4.86. The van der Waals surface area contributed by atoms with Crippen LogP contribution >= 0.6 is 0 Å². The van der Waals surface area contributed by atoms with E-state index in [4.69, 9.17) is 0 Å². The molecule has 0 atom stereocenters. The highest BCUT2D eigenvalue weighted by molar-refractivity contribution is 5.80. The van der Waals surface area contributed by atoms with Gasteiger partial charge in [0.1, 0.15) is 0 Å². The van der Waals surface area contributed by atoms with Crippen molar-refractivity contribution in [3.05, 3.63) is 11.6 Å². The molecular weight excluding hydrogens is 150 g/mol. The molecule has 1 rings (SSSR count). The highest BCUT2D eigenvalue weighted by atomic mass is 16.2. The zero-order chi connectivity index (χ0) is 9.14. The monoisotopic (exact) mass is 167 g/mol. The molecule has 68 valence electrons. The Hall–Kier alpha value is -0.790. The fourth-order valence-electron chi connectivity index (χ4n) is 1.05. The quantitative estimate of drug-likeness (QED) is 0.587. The van der Waals surface area contributed by atoms with E-state index in [9.17, 15) is 4.79 Å². The molecule has 1 saturated carbocycles. The molecule has 1 aliphatic rings. The number of nitrogens with zero attached hydrogens (tertiary/aromatic N) is 1. The number of hydrogen-bond acceptors (Lipinski definition) is 1. The van der Waals surface area contributed by atoms with Crippen molar-refractivity contribution in [1.82, 2.24) is 4.90 Å². The molecule has 0 radical (unpaired) electrons. The van der Waals surface area contributed by atoms with E-state index in [0.29, 0.717) is 11.8 Å². The summed E-state index contributed by atoms with van der Waals surface area (Å²) in [5, 5.41) is 0. The molecule has 0 aromatic heterocycles. The zero-order valence-corrected chi connectivity index (χ0v) is 8.13. The molecule has 0 aromatic carbocycles. The van der Waals surface area contributed by atoms with Gasteiger partial charge in [-0.2, -0.15) is 0 Å². The maximum atomic E-state index is 11.4. The van der Waals surface area contributed by atoms with Crippen molar-refractivity contribution < 1.29 is 4.79 Å². The lowest BCUT2D eigenvalue weighted by Crippen LogP contribution is -2.28. The van der Waals surface area contributed by atoms with Gasteiger partial charge in [0.15, 0.2) is 0 Å². The van der Waals surface area contributed by atoms with Crippen LogP contribution in [0.2, 0.25) is 0 Å². The van der Waals surface area contributed by atoms with Crippen molar-refractivity contribution in [3.8, 4) is 0 Å². The average Bonchev–Trinajstić information content (AvgIpc) is 2.80. The van der Waals surface area contributed by atoms with Crippen molar-refractivity contribution in [2.45, 2.75) is 26.7 Å². The molecule has 0 spiro atoms. The van der Waals surface area contributed by atoms with Crippen LogP contribution in [0.5, 0.6) is 0 Å². The van der Waals surface area contributed by atoms with Crippen molar-refractivity contribution in [3.63, 3.8) is 0 Å². The number of rotatable bonds is 3. The lowest BCUT2D eigenvalue weighted by atomic mass is 10.3. The van der Waals surface area contributed by atoms with Crippen LogP contribution in [0.25, 0.3) is 0 Å². The first-order valence-electron chi connectivity index (χ1n) is 4.49. The Balaban J connectivity index is 2.31. The maximum absolute atomic E-state index is 11.4. The predicted molar refractivity (Wildman–Crippen MR) is 49.8 cm³/mol. The first kappa shape index (κ1) is 9.30. The van der Waals surface area contributed by atoms with Gasteiger partial charge in [-0.3, -0.25) is 4.79 Å². The van der Waals surface area contributed by atoms with Crippen molar-refractivity contribution in [2.75, 3.05) is 13.6 Å². The van der Waals surface area contributed by atoms with Gasteiger partial charge in [-0.25, -0.2) is 0 Å². The molecule has 1 aliphatic carbocycles. The minimum atomic E-state index is 0.313. The van der Waals surface area contributed by atoms with Gasteiger partial charge < -0.3 is 4.90 Å². The van der Waals surface area contributed by atoms with Crippen LogP contribution in [0, 0.1) is 5.92 Å². The van der Waals surface area contributed by atoms with Gasteiger partial charge >= 0.3 is 0 Å². The molecule has 0 heterocycles. The molecule has 0 saturated heterocycles. The second-order valence-electron chi connectivity index (χ2n) is 3.77. The first-order valence-corrected chi connectivity index (χ1v) is 4.49. The van der Waals surface area contributed by atoms with Crippen LogP contribution in [-0.4, -0.2) is 24.4 Å². The van der Waals surface area contributed by atoms with Gasteiger partial charge in [0.2, 0.25) is 5.91 Å². The molecule has 2 nitrogen and oxygen atoms in total. The Bertz CT molecular complexity index is 200. The second kappa shape index (κ2) is 3.74. The standard InChI is InChI=1S/C10H17NO/c1-8(2)6-7-11(3)10(12)9-4-5-9/h6,9H,4-5,7H2,1-3H3. The van der Waals surface area contributed by atoms with Crippen LogP contribution in [0.4, 0.5) is 0 Å². The van der Waals surface area contributed by atoms with Crippen LogP contribution < -0.4 is 0 Å². The summed E-state index contributed by atoms with van der Waals surface area (Å²) < 4.78 is 0. The minimum absolute atomic E-state index is 0.313. The Morgan fingerprint density at radius 2 is 2.08 bits per heavy atom. The number of amides is 1. The molecule has 1 fully saturated rings. The lowest BCUT2D eigenvalue weighted by molar-refractivity contribution is -0.130. The molecule has 12 heavy (non-hydrogen) atoms. The Morgan fingerprint density at radius 1 is 1.50 bits per heavy atom. The number of allylic oxidation sites excluding steroid dienone is 1. The predicted octanol–water partition coefficient (Wildman–Crippen LogP) is 1.82. The van der Waals surface area contributed by atoms with Crippen LogP contribution in [0.3, 0.4) is 0 Å². The minimum Gasteiger partial charge on any atom is -0.342 e. The topological polar surface area (TPSA) is 20.3 Å². The molecule has 0 bridgehead atoms. The maximum Gasteiger partial charge on any atom is 0.225 e. The third kappa shape index (κ3) is 2.68. The summed E-state index contributed by atoms with van der Waals surface area (Å²) in [5.74, 6) is 0.660. The smallest absolute Gasteiger partial charge is 0.225 e. The van der Waals surface area contributed by atoms with Gasteiger partial charge in [-0.05, 0) is 26.7 Å².